The lowest BCUT2D eigenvalue weighted by molar-refractivity contribution is -0.402. The van der Waals surface area contributed by atoms with Crippen LogP contribution >= 0.6 is 0 Å². The first-order valence-corrected chi connectivity index (χ1v) is 29.8. The second-order valence-corrected chi connectivity index (χ2v) is 23.7. The topological polar surface area (TPSA) is 719 Å². The van der Waals surface area contributed by atoms with Crippen molar-refractivity contribution in [3.05, 3.63) is 0 Å². The minimum Gasteiger partial charge on any atom is -0.394 e. The maximum Gasteiger partial charge on any atom is 0.187 e. The quantitative estimate of drug-likeness (QED) is 0.0713. The molecule has 0 aromatic heterocycles. The number of aliphatic hydroxyl groups is 22. The van der Waals surface area contributed by atoms with Crippen molar-refractivity contribution in [1.82, 2.24) is 5.32 Å². The van der Waals surface area contributed by atoms with Crippen LogP contribution in [0.5, 0.6) is 0 Å². The van der Waals surface area contributed by atoms with Gasteiger partial charge in [0.15, 0.2) is 62.2 Å². The Kier molecular flexibility index (Phi) is 25.7. The summed E-state index contributed by atoms with van der Waals surface area (Å²) in [6, 6.07) is 0. The van der Waals surface area contributed by atoms with Crippen LogP contribution in [0.3, 0.4) is 0 Å². The molecule has 30 fully saturated rings. The number of ether oxygens (including phenoxy) is 16. The molecule has 30 aliphatic heterocycles. The zero-order valence-corrected chi connectivity index (χ0v) is 49.3. The lowest BCUT2D eigenvalue weighted by Crippen LogP contribution is -2.69. The average molecular weight is 1380 g/mol. The van der Waals surface area contributed by atoms with Gasteiger partial charge in [0.1, 0.15) is 195 Å². The summed E-state index contributed by atoms with van der Waals surface area (Å²) in [5.41, 5.74) is 16.7. The fourth-order valence-corrected chi connectivity index (χ4v) is 12.3. The maximum absolute atomic E-state index is 11.7. The van der Waals surface area contributed by atoms with Crippen LogP contribution in [0.15, 0.2) is 4.99 Å². The van der Waals surface area contributed by atoms with Crippen molar-refractivity contribution < 1.29 is 188 Å². The molecule has 0 amide bonds. The summed E-state index contributed by atoms with van der Waals surface area (Å²) in [6.07, 6.45) is -82.2. The van der Waals surface area contributed by atoms with Crippen LogP contribution in [-0.4, -0.2) is 423 Å². The second kappa shape index (κ2) is 32.1. The summed E-state index contributed by atoms with van der Waals surface area (Å²) in [5.74, 6) is -1.26. The first kappa shape index (κ1) is 75.2. The summed E-state index contributed by atoms with van der Waals surface area (Å²) >= 11 is 0. The minimum absolute atomic E-state index is 0.569. The number of guanidine groups is 2. The fourth-order valence-electron chi connectivity index (χ4n) is 12.3. The van der Waals surface area contributed by atoms with Gasteiger partial charge in [0.2, 0.25) is 0 Å². The third kappa shape index (κ3) is 15.5. The van der Waals surface area contributed by atoms with Crippen LogP contribution in [-0.2, 0) is 75.8 Å². The molecule has 0 radical (unpaired) electrons. The van der Waals surface area contributed by atoms with Crippen LogP contribution in [0, 0.1) is 5.41 Å². The van der Waals surface area contributed by atoms with Crippen molar-refractivity contribution in [2.24, 2.45) is 22.2 Å². The van der Waals surface area contributed by atoms with Crippen LogP contribution in [0.1, 0.15) is 0 Å². The predicted molar refractivity (Wildman–Crippen MR) is 287 cm³/mol. The van der Waals surface area contributed by atoms with Gasteiger partial charge < -0.3 is 211 Å². The molecule has 16 bridgehead atoms. The van der Waals surface area contributed by atoms with Crippen molar-refractivity contribution in [1.29, 1.82) is 5.41 Å². The number of aliphatic imine (C=N–C) groups is 1. The zero-order chi connectivity index (χ0) is 68.6. The van der Waals surface area contributed by atoms with Gasteiger partial charge in [-0.05, 0) is 0 Å². The molecule has 0 aromatic carbocycles. The van der Waals surface area contributed by atoms with Gasteiger partial charge in [-0.3, -0.25) is 10.4 Å². The molecule has 44 nitrogen and oxygen atoms in total. The van der Waals surface area contributed by atoms with E-state index in [4.69, 9.17) is 98.4 Å². The highest BCUT2D eigenvalue weighted by atomic mass is 16.8. The molecule has 44 heteroatoms. The van der Waals surface area contributed by atoms with Crippen LogP contribution in [0.4, 0.5) is 0 Å². The monoisotopic (exact) mass is 1380 g/mol. The molecule has 94 heavy (non-hydrogen) atoms. The van der Waals surface area contributed by atoms with Crippen LogP contribution in [0.25, 0.3) is 0 Å². The van der Waals surface area contributed by atoms with E-state index in [1.807, 2.05) is 0 Å². The van der Waals surface area contributed by atoms with E-state index < -0.39 is 310 Å². The van der Waals surface area contributed by atoms with Gasteiger partial charge in [-0.25, -0.2) is 0 Å². The molecule has 30 heterocycles. The SMILES string of the molecule is N=C(N)NC[C@H]1O[C@@H]2O[C@H]3[C@H](O)[C@@H](O)[C@@H](O[C@H]4[C@H](O)[C@@H](O)[C@@H](O[C@H]5[C@H](O)[C@@H](O)[C@@H](O[C@H]6[C@H](O)[C@@H](O)[C@@H](O[C@H]7[C@H](O)[C@@H](O)[C@@H](O[C@H]8[C@H](O)[C@@H](O)[C@@H](O[C@H]9[C@H](O)[C@@H](O)[C@@H](O[C@H]1[C@H](O)[C@H]2O)O[C@@H]9CO)O[C@@H]8CO)O[C@@H]7CO)O[C@@H]6CO)O[C@@H]5CN=C(N)N)O[C@@H]4CO)O[C@@H]3CO. The highest BCUT2D eigenvalue weighted by Gasteiger charge is 2.60. The number of aliphatic hydroxyl groups excluding tert-OH is 22. The molecule has 544 valence electrons. The molecule has 30 saturated heterocycles. The van der Waals surface area contributed by atoms with Gasteiger partial charge >= 0.3 is 0 Å². The van der Waals surface area contributed by atoms with Crippen LogP contribution < -0.4 is 22.5 Å². The van der Waals surface area contributed by atoms with Gasteiger partial charge in [-0.15, -0.1) is 0 Å². The second-order valence-electron chi connectivity index (χ2n) is 23.7. The van der Waals surface area contributed by atoms with E-state index in [1.165, 1.54) is 0 Å². The maximum atomic E-state index is 11.7. The summed E-state index contributed by atoms with van der Waals surface area (Å²) in [7, 11) is 0. The Morgan fingerprint density at radius 2 is 0.436 bits per heavy atom. The predicted octanol–water partition coefficient (Wildman–Crippen LogP) is -18.6. The van der Waals surface area contributed by atoms with Gasteiger partial charge in [0, 0.05) is 6.54 Å². The smallest absolute Gasteiger partial charge is 0.187 e. The number of rotatable bonds is 10. The number of nitrogens with one attached hydrogen (secondary N) is 2. The van der Waals surface area contributed by atoms with Gasteiger partial charge in [0.05, 0.1) is 46.2 Å². The lowest BCUT2D eigenvalue weighted by atomic mass is 9.94. The summed E-state index contributed by atoms with van der Waals surface area (Å²) in [5, 5.41) is 257. The van der Waals surface area contributed by atoms with Crippen LogP contribution in [0.2, 0.25) is 0 Å². The molecule has 30 aliphatic rings. The molecule has 30 N–H and O–H groups in total. The van der Waals surface area contributed by atoms with Crippen molar-refractivity contribution >= 4 is 11.9 Å². The first-order chi connectivity index (χ1) is 44.6. The van der Waals surface area contributed by atoms with Crippen molar-refractivity contribution in [3.63, 3.8) is 0 Å². The zero-order valence-electron chi connectivity index (χ0n) is 49.3. The number of nitrogens with zero attached hydrogens (tertiary/aromatic N) is 1. The van der Waals surface area contributed by atoms with E-state index >= 15 is 0 Å². The normalized spacial score (nSPS) is 52.4. The molecule has 30 rings (SSSR count). The van der Waals surface area contributed by atoms with Gasteiger partial charge in [0.25, 0.3) is 0 Å². The Balaban J connectivity index is 1.00. The molecular weight excluding hydrogens is 1290 g/mol. The van der Waals surface area contributed by atoms with Crippen molar-refractivity contribution in [2.45, 2.75) is 246 Å². The minimum atomic E-state index is -2.27. The number of hydrogen-bond donors (Lipinski definition) is 27. The van der Waals surface area contributed by atoms with Gasteiger partial charge in [-0.2, -0.15) is 0 Å². The van der Waals surface area contributed by atoms with E-state index in [2.05, 4.69) is 10.3 Å². The standard InChI is InChI=1S/C50H86N6O38/c51-49(52)55-1-9-33-18(64)26(72)42(80-9)90-36-12(4-58)84-46(30(76)22(36)68)93-39-15(7-61)86-48(32(78)24(39)70)94-40-16(8-62)85-47(31(77)23(40)69)92-38-14(6-60)82-44(28(74)20(38)66)88-34-10(2-56-50(53)54)79-41(25(71)17(34)63)89-35-11(3-57)83-45(29(75)21(35)67)91-37-13(5-59)81-43(87-33)27(73)19(37)65/h9-48,57-78H,1-8H2,(H4,51,52,55)(H4,53,54,56)/t9-,10-,11-,12-,13-,14-,15-,16-,17-,18-,19-,20-,21-,22-,23-,24-,25-,26-,27-,28-,29-,30-,31-,32-,33-,34-,35-,36-,37-,38-,39-,40-,41-,42-,43-,44-,45-,46-,47-,48-/m1/s1. The Bertz CT molecular complexity index is 2420. The van der Waals surface area contributed by atoms with E-state index in [9.17, 15) is 112 Å². The van der Waals surface area contributed by atoms with Crippen molar-refractivity contribution in [3.8, 4) is 0 Å². The van der Waals surface area contributed by atoms with Crippen molar-refractivity contribution in [2.75, 3.05) is 52.7 Å². The Morgan fingerprint density at radius 1 is 0.266 bits per heavy atom. The first-order valence-electron chi connectivity index (χ1n) is 29.8. The summed E-state index contributed by atoms with van der Waals surface area (Å²) < 4.78 is 92.7. The molecule has 0 spiro atoms. The lowest BCUT2D eigenvalue weighted by Gasteiger charge is -2.50. The number of hydrogen-bond acceptors (Lipinski definition) is 40. The molecular formula is C50H86N6O38. The van der Waals surface area contributed by atoms with E-state index in [0.29, 0.717) is 0 Å². The number of nitrogens with two attached hydrogens (primary N) is 3. The Hall–Kier alpha value is -2.98. The Labute approximate surface area is 530 Å². The summed E-state index contributed by atoms with van der Waals surface area (Å²) in [6.45, 7) is -7.81. The summed E-state index contributed by atoms with van der Waals surface area (Å²) in [4.78, 5) is 3.85. The molecule has 40 atom stereocenters. The highest BCUT2D eigenvalue weighted by molar-refractivity contribution is 5.75. The molecule has 0 saturated carbocycles. The van der Waals surface area contributed by atoms with Gasteiger partial charge in [-0.1, -0.05) is 0 Å². The van der Waals surface area contributed by atoms with E-state index in [-0.39, 0.29) is 0 Å². The third-order valence-corrected chi connectivity index (χ3v) is 17.5. The molecule has 0 aliphatic carbocycles. The van der Waals surface area contributed by atoms with E-state index in [0.717, 1.165) is 0 Å². The fraction of sp³-hybridized carbons (Fsp3) is 0.960. The third-order valence-electron chi connectivity index (χ3n) is 17.5. The van der Waals surface area contributed by atoms with E-state index in [1.54, 1.807) is 0 Å². The largest absolute Gasteiger partial charge is 0.394 e. The molecule has 0 aromatic rings. The molecule has 0 unspecified atom stereocenters. The highest BCUT2D eigenvalue weighted by Crippen LogP contribution is 2.40. The average Bonchev–Trinajstić information content (AvgIpc) is 0.786. The Morgan fingerprint density at radius 3 is 0.617 bits per heavy atom.